The maximum absolute atomic E-state index is 13.2. The van der Waals surface area contributed by atoms with Gasteiger partial charge in [0.15, 0.2) is 0 Å². The molecule has 28 heavy (non-hydrogen) atoms. The summed E-state index contributed by atoms with van der Waals surface area (Å²) in [4.78, 5) is 26.1. The molecule has 1 saturated carbocycles. The second kappa shape index (κ2) is 7.91. The zero-order valence-electron chi connectivity index (χ0n) is 16.4. The van der Waals surface area contributed by atoms with E-state index in [1.807, 2.05) is 26.0 Å². The van der Waals surface area contributed by atoms with Crippen molar-refractivity contribution in [3.63, 3.8) is 0 Å². The summed E-state index contributed by atoms with van der Waals surface area (Å²) in [5.74, 6) is -0.341. The van der Waals surface area contributed by atoms with Crippen LogP contribution in [0.3, 0.4) is 0 Å². The summed E-state index contributed by atoms with van der Waals surface area (Å²) in [6.07, 6.45) is 2.59. The van der Waals surface area contributed by atoms with Gasteiger partial charge >= 0.3 is 6.09 Å². The number of rotatable bonds is 3. The third-order valence-electron chi connectivity index (χ3n) is 6.47. The van der Waals surface area contributed by atoms with Gasteiger partial charge in [-0.2, -0.15) is 0 Å². The van der Waals surface area contributed by atoms with E-state index in [2.05, 4.69) is 5.32 Å². The molecule has 7 heteroatoms. The summed E-state index contributed by atoms with van der Waals surface area (Å²) in [6.45, 7) is 4.79. The number of carboxylic acid groups (broad SMARTS) is 1. The number of halogens is 1. The average Bonchev–Trinajstić information content (AvgIpc) is 2.64. The molecule has 1 saturated heterocycles. The molecule has 2 aliphatic rings. The molecule has 6 nitrogen and oxygen atoms in total. The van der Waals surface area contributed by atoms with Crippen LogP contribution in [0.1, 0.15) is 51.5 Å². The Morgan fingerprint density at radius 1 is 1.18 bits per heavy atom. The Hall–Kier alpha value is -1.79. The lowest BCUT2D eigenvalue weighted by atomic mass is 9.66. The van der Waals surface area contributed by atoms with E-state index in [0.717, 1.165) is 18.4 Å². The number of likely N-dealkylation sites (tertiary alicyclic amines) is 1. The minimum absolute atomic E-state index is 0.00955. The van der Waals surface area contributed by atoms with E-state index in [0.29, 0.717) is 37.4 Å². The first-order valence-electron chi connectivity index (χ1n) is 9.91. The number of aliphatic hydroxyl groups is 1. The Kier molecular flexibility index (Phi) is 5.92. The first-order valence-corrected chi connectivity index (χ1v) is 10.3. The van der Waals surface area contributed by atoms with Gasteiger partial charge in [-0.1, -0.05) is 50.4 Å². The Morgan fingerprint density at radius 2 is 1.82 bits per heavy atom. The Balaban J connectivity index is 1.76. The third-order valence-corrected chi connectivity index (χ3v) is 6.73. The fourth-order valence-corrected chi connectivity index (χ4v) is 4.89. The van der Waals surface area contributed by atoms with Crippen molar-refractivity contribution in [3.8, 4) is 0 Å². The van der Waals surface area contributed by atoms with Gasteiger partial charge in [-0.05, 0) is 37.0 Å². The van der Waals surface area contributed by atoms with Crippen molar-refractivity contribution >= 4 is 23.6 Å². The van der Waals surface area contributed by atoms with Crippen molar-refractivity contribution in [1.29, 1.82) is 0 Å². The molecule has 3 N–H and O–H groups in total. The fourth-order valence-electron chi connectivity index (χ4n) is 4.76. The Bertz CT molecular complexity index is 736. The molecule has 1 aliphatic heterocycles. The minimum atomic E-state index is -1.08. The number of hydrogen-bond acceptors (Lipinski definition) is 3. The molecule has 0 aromatic heterocycles. The molecule has 2 fully saturated rings. The molecule has 154 valence electrons. The van der Waals surface area contributed by atoms with Crippen LogP contribution >= 0.6 is 11.6 Å². The molecule has 3 atom stereocenters. The van der Waals surface area contributed by atoms with E-state index in [1.54, 1.807) is 17.0 Å². The molecule has 1 aliphatic carbocycles. The second-order valence-corrected chi connectivity index (χ2v) is 9.14. The summed E-state index contributed by atoms with van der Waals surface area (Å²) >= 11 is 5.99. The van der Waals surface area contributed by atoms with Gasteiger partial charge in [-0.3, -0.25) is 4.79 Å². The van der Waals surface area contributed by atoms with Crippen molar-refractivity contribution in [2.75, 3.05) is 13.1 Å². The number of carbonyl (C=O) groups excluding carboxylic acids is 1. The molecule has 0 bridgehead atoms. The molecule has 2 amide bonds. The normalized spacial score (nSPS) is 29.9. The monoisotopic (exact) mass is 408 g/mol. The van der Waals surface area contributed by atoms with Crippen LogP contribution in [0.4, 0.5) is 4.79 Å². The lowest BCUT2D eigenvalue weighted by Crippen LogP contribution is -2.59. The van der Waals surface area contributed by atoms with Crippen molar-refractivity contribution < 1.29 is 19.8 Å². The van der Waals surface area contributed by atoms with Crippen LogP contribution in [0.5, 0.6) is 0 Å². The van der Waals surface area contributed by atoms with Crippen LogP contribution in [-0.2, 0) is 10.4 Å². The van der Waals surface area contributed by atoms with Gasteiger partial charge in [0.05, 0.1) is 11.5 Å². The minimum Gasteiger partial charge on any atom is -0.465 e. The largest absolute Gasteiger partial charge is 0.465 e. The van der Waals surface area contributed by atoms with Crippen molar-refractivity contribution in [1.82, 2.24) is 10.2 Å². The van der Waals surface area contributed by atoms with Crippen LogP contribution < -0.4 is 5.32 Å². The molecule has 0 radical (unpaired) electrons. The third kappa shape index (κ3) is 3.98. The predicted octanol–water partition coefficient (Wildman–Crippen LogP) is 3.61. The maximum Gasteiger partial charge on any atom is 0.404 e. The number of carbonyl (C=O) groups is 2. The summed E-state index contributed by atoms with van der Waals surface area (Å²) in [7, 11) is 0. The number of nitrogens with one attached hydrogen (secondary N) is 1. The standard InChI is InChI=1S/C21H29ClN2O4/c1-20(2)13-24(12-11-21(20,28)14-7-9-15(22)10-8-14)18(25)16-5-3-4-6-17(16)23-19(26)27/h7-10,16-17,23,28H,3-6,11-13H2,1-2H3,(H,26,27). The van der Waals surface area contributed by atoms with E-state index >= 15 is 0 Å². The summed E-state index contributed by atoms with van der Waals surface area (Å²) < 4.78 is 0. The number of benzene rings is 1. The van der Waals surface area contributed by atoms with E-state index in [1.165, 1.54) is 0 Å². The van der Waals surface area contributed by atoms with Crippen LogP contribution in [0.2, 0.25) is 5.02 Å². The van der Waals surface area contributed by atoms with Crippen molar-refractivity contribution in [2.24, 2.45) is 11.3 Å². The highest BCUT2D eigenvalue weighted by Gasteiger charge is 2.50. The van der Waals surface area contributed by atoms with Gasteiger partial charge in [0.25, 0.3) is 0 Å². The van der Waals surface area contributed by atoms with Gasteiger partial charge in [0.1, 0.15) is 0 Å². The second-order valence-electron chi connectivity index (χ2n) is 8.71. The number of hydrogen-bond donors (Lipinski definition) is 3. The smallest absolute Gasteiger partial charge is 0.404 e. The zero-order chi connectivity index (χ0) is 20.5. The highest BCUT2D eigenvalue weighted by Crippen LogP contribution is 2.46. The van der Waals surface area contributed by atoms with Crippen LogP contribution in [0.15, 0.2) is 24.3 Å². The molecule has 1 heterocycles. The molecular weight excluding hydrogens is 380 g/mol. The average molecular weight is 409 g/mol. The Morgan fingerprint density at radius 3 is 2.43 bits per heavy atom. The van der Waals surface area contributed by atoms with Gasteiger partial charge in [0, 0.05) is 29.6 Å². The van der Waals surface area contributed by atoms with E-state index in [4.69, 9.17) is 16.7 Å². The van der Waals surface area contributed by atoms with Gasteiger partial charge in [0.2, 0.25) is 5.91 Å². The molecule has 3 rings (SSSR count). The van der Waals surface area contributed by atoms with Crippen LogP contribution in [0.25, 0.3) is 0 Å². The first-order chi connectivity index (χ1) is 13.1. The molecule has 0 spiro atoms. The first kappa shape index (κ1) is 20.9. The zero-order valence-corrected chi connectivity index (χ0v) is 17.2. The quantitative estimate of drug-likeness (QED) is 0.712. The molecule has 3 unspecified atom stereocenters. The molecular formula is C21H29ClN2O4. The summed E-state index contributed by atoms with van der Waals surface area (Å²) in [5, 5.41) is 23.7. The van der Waals surface area contributed by atoms with Crippen molar-refractivity contribution in [3.05, 3.63) is 34.9 Å². The van der Waals surface area contributed by atoms with E-state index in [-0.39, 0.29) is 17.9 Å². The molecule has 1 aromatic rings. The van der Waals surface area contributed by atoms with Crippen LogP contribution in [-0.4, -0.2) is 46.2 Å². The van der Waals surface area contributed by atoms with Gasteiger partial charge in [-0.25, -0.2) is 4.79 Å². The number of nitrogens with zero attached hydrogens (tertiary/aromatic N) is 1. The summed E-state index contributed by atoms with van der Waals surface area (Å²) in [6, 6.07) is 6.89. The number of amides is 2. The highest BCUT2D eigenvalue weighted by atomic mass is 35.5. The van der Waals surface area contributed by atoms with Crippen molar-refractivity contribution in [2.45, 2.75) is 57.6 Å². The topological polar surface area (TPSA) is 89.9 Å². The van der Waals surface area contributed by atoms with Gasteiger partial charge in [-0.15, -0.1) is 0 Å². The maximum atomic E-state index is 13.2. The van der Waals surface area contributed by atoms with Crippen LogP contribution in [0, 0.1) is 11.3 Å². The SMILES string of the molecule is CC1(C)CN(C(=O)C2CCCCC2NC(=O)O)CCC1(O)c1ccc(Cl)cc1. The van der Waals surface area contributed by atoms with E-state index in [9.17, 15) is 14.7 Å². The lowest BCUT2D eigenvalue weighted by Gasteiger charge is -2.51. The highest BCUT2D eigenvalue weighted by molar-refractivity contribution is 6.30. The van der Waals surface area contributed by atoms with Gasteiger partial charge < -0.3 is 20.4 Å². The molecule has 1 aromatic carbocycles. The number of piperidine rings is 1. The summed E-state index contributed by atoms with van der Waals surface area (Å²) in [5.41, 5.74) is -0.809. The Labute approximate surface area is 170 Å². The fraction of sp³-hybridized carbons (Fsp3) is 0.619. The predicted molar refractivity (Wildman–Crippen MR) is 107 cm³/mol. The lowest BCUT2D eigenvalue weighted by molar-refractivity contribution is -0.158. The van der Waals surface area contributed by atoms with E-state index < -0.39 is 17.1 Å².